The van der Waals surface area contributed by atoms with Crippen LogP contribution in [0.3, 0.4) is 0 Å². The Hall–Kier alpha value is -0.970. The summed E-state index contributed by atoms with van der Waals surface area (Å²) < 4.78 is 4.39. The highest BCUT2D eigenvalue weighted by molar-refractivity contribution is 8.14. The number of methoxy groups -OCH3 is 1. The normalized spacial score (nSPS) is 12.8. The summed E-state index contributed by atoms with van der Waals surface area (Å²) in [5.41, 5.74) is 5.13. The number of carbonyl (C=O) groups is 1. The van der Waals surface area contributed by atoms with Gasteiger partial charge in [-0.1, -0.05) is 17.8 Å². The van der Waals surface area contributed by atoms with Crippen LogP contribution in [0, 0.1) is 5.41 Å². The molecular weight excluding hydrogens is 176 g/mol. The lowest BCUT2D eigenvalue weighted by Gasteiger charge is -2.01. The van der Waals surface area contributed by atoms with Crippen molar-refractivity contribution in [2.75, 3.05) is 7.11 Å². The van der Waals surface area contributed by atoms with Crippen LogP contribution in [-0.4, -0.2) is 23.5 Å². The third-order valence-corrected chi connectivity index (χ3v) is 1.80. The molecule has 1 unspecified atom stereocenters. The van der Waals surface area contributed by atoms with Crippen LogP contribution < -0.4 is 5.73 Å². The molecule has 0 saturated heterocycles. The SMILES string of the molecule is COC(=O)/C=C/C(C)SC(=N)N. The van der Waals surface area contributed by atoms with Crippen molar-refractivity contribution in [3.63, 3.8) is 0 Å². The van der Waals surface area contributed by atoms with E-state index in [1.165, 1.54) is 24.9 Å². The molecule has 0 aliphatic rings. The standard InChI is InChI=1S/C7H12N2O2S/c1-5(12-7(8)9)3-4-6(10)11-2/h3-5H,1-2H3,(H3,8,9)/b4-3+. The molecule has 0 aromatic rings. The number of rotatable bonds is 3. The molecule has 68 valence electrons. The van der Waals surface area contributed by atoms with E-state index in [1.54, 1.807) is 6.08 Å². The van der Waals surface area contributed by atoms with Gasteiger partial charge < -0.3 is 10.5 Å². The molecular formula is C7H12N2O2S. The summed E-state index contributed by atoms with van der Waals surface area (Å²) >= 11 is 1.17. The van der Waals surface area contributed by atoms with Crippen LogP contribution in [0.4, 0.5) is 0 Å². The van der Waals surface area contributed by atoms with E-state index in [4.69, 9.17) is 11.1 Å². The Bertz CT molecular complexity index is 204. The molecule has 0 radical (unpaired) electrons. The van der Waals surface area contributed by atoms with E-state index >= 15 is 0 Å². The zero-order valence-corrected chi connectivity index (χ0v) is 7.85. The van der Waals surface area contributed by atoms with Crippen LogP contribution >= 0.6 is 11.8 Å². The van der Waals surface area contributed by atoms with Crippen LogP contribution in [0.1, 0.15) is 6.92 Å². The molecule has 0 aromatic heterocycles. The highest BCUT2D eigenvalue weighted by atomic mass is 32.2. The third-order valence-electron chi connectivity index (χ3n) is 1.02. The second-order valence-corrected chi connectivity index (χ2v) is 3.49. The van der Waals surface area contributed by atoms with Crippen LogP contribution in [0.5, 0.6) is 0 Å². The van der Waals surface area contributed by atoms with E-state index in [0.29, 0.717) is 0 Å². The van der Waals surface area contributed by atoms with Crippen molar-refractivity contribution in [2.24, 2.45) is 5.73 Å². The summed E-state index contributed by atoms with van der Waals surface area (Å²) in [6.45, 7) is 1.84. The first-order valence-electron chi connectivity index (χ1n) is 3.33. The fourth-order valence-corrected chi connectivity index (χ4v) is 1.08. The van der Waals surface area contributed by atoms with E-state index in [9.17, 15) is 4.79 Å². The van der Waals surface area contributed by atoms with E-state index in [2.05, 4.69) is 4.74 Å². The number of carbonyl (C=O) groups excluding carboxylic acids is 1. The second kappa shape index (κ2) is 5.65. The van der Waals surface area contributed by atoms with Gasteiger partial charge in [-0.25, -0.2) is 4.79 Å². The van der Waals surface area contributed by atoms with Gasteiger partial charge in [0.1, 0.15) is 0 Å². The number of thioether (sulfide) groups is 1. The molecule has 0 aliphatic heterocycles. The fourth-order valence-electron chi connectivity index (χ4n) is 0.522. The summed E-state index contributed by atoms with van der Waals surface area (Å²) in [4.78, 5) is 10.6. The van der Waals surface area contributed by atoms with Crippen LogP contribution in [0.2, 0.25) is 0 Å². The molecule has 0 amide bonds. The number of nitrogens with one attached hydrogen (secondary N) is 1. The summed E-state index contributed by atoms with van der Waals surface area (Å²) in [6.07, 6.45) is 2.96. The van der Waals surface area contributed by atoms with Crippen molar-refractivity contribution in [1.29, 1.82) is 5.41 Å². The molecule has 0 fully saturated rings. The lowest BCUT2D eigenvalue weighted by molar-refractivity contribution is -0.134. The van der Waals surface area contributed by atoms with Gasteiger partial charge in [-0.3, -0.25) is 5.41 Å². The first-order chi connectivity index (χ1) is 5.56. The molecule has 3 N–H and O–H groups in total. The Morgan fingerprint density at radius 3 is 2.75 bits per heavy atom. The Kier molecular flexibility index (Phi) is 5.19. The van der Waals surface area contributed by atoms with E-state index < -0.39 is 5.97 Å². The number of hydrogen-bond acceptors (Lipinski definition) is 4. The number of amidine groups is 1. The molecule has 5 heteroatoms. The van der Waals surface area contributed by atoms with E-state index in [1.807, 2.05) is 6.92 Å². The number of hydrogen-bond donors (Lipinski definition) is 2. The Labute approximate surface area is 75.7 Å². The van der Waals surface area contributed by atoms with Gasteiger partial charge in [0.25, 0.3) is 0 Å². The van der Waals surface area contributed by atoms with Crippen molar-refractivity contribution >= 4 is 22.9 Å². The summed E-state index contributed by atoms with van der Waals surface area (Å²) in [7, 11) is 1.31. The van der Waals surface area contributed by atoms with Gasteiger partial charge in [-0.2, -0.15) is 0 Å². The molecule has 1 atom stereocenters. The Balaban J connectivity index is 3.82. The minimum Gasteiger partial charge on any atom is -0.466 e. The first kappa shape index (κ1) is 11.0. The van der Waals surface area contributed by atoms with Crippen LogP contribution in [0.15, 0.2) is 12.2 Å². The topological polar surface area (TPSA) is 76.2 Å². The average molecular weight is 188 g/mol. The monoisotopic (exact) mass is 188 g/mol. The van der Waals surface area contributed by atoms with Gasteiger partial charge in [-0.05, 0) is 6.92 Å². The second-order valence-electron chi connectivity index (χ2n) is 2.07. The summed E-state index contributed by atoms with van der Waals surface area (Å²) in [5, 5.41) is 7.00. The highest BCUT2D eigenvalue weighted by Gasteiger charge is 2.00. The average Bonchev–Trinajstić information content (AvgIpc) is 1.99. The lowest BCUT2D eigenvalue weighted by atomic mass is 10.4. The molecule has 0 bridgehead atoms. The van der Waals surface area contributed by atoms with Gasteiger partial charge in [0.2, 0.25) is 0 Å². The molecule has 0 heterocycles. The maximum Gasteiger partial charge on any atom is 0.330 e. The van der Waals surface area contributed by atoms with E-state index in [-0.39, 0.29) is 10.4 Å². The van der Waals surface area contributed by atoms with E-state index in [0.717, 1.165) is 0 Å². The van der Waals surface area contributed by atoms with Gasteiger partial charge in [0.05, 0.1) is 7.11 Å². The number of nitrogens with two attached hydrogens (primary N) is 1. The maximum atomic E-state index is 10.6. The lowest BCUT2D eigenvalue weighted by Crippen LogP contribution is -2.08. The Morgan fingerprint density at radius 1 is 1.75 bits per heavy atom. The maximum absolute atomic E-state index is 10.6. The molecule has 0 saturated carbocycles. The molecule has 0 spiro atoms. The third kappa shape index (κ3) is 5.79. The van der Waals surface area contributed by atoms with Gasteiger partial charge in [0, 0.05) is 11.3 Å². The van der Waals surface area contributed by atoms with Gasteiger partial charge >= 0.3 is 5.97 Å². The van der Waals surface area contributed by atoms with Crippen molar-refractivity contribution < 1.29 is 9.53 Å². The summed E-state index contributed by atoms with van der Waals surface area (Å²) in [5.74, 6) is -0.397. The van der Waals surface area contributed by atoms with Crippen molar-refractivity contribution in [1.82, 2.24) is 0 Å². The smallest absolute Gasteiger partial charge is 0.330 e. The zero-order valence-electron chi connectivity index (χ0n) is 7.03. The minimum atomic E-state index is -0.397. The summed E-state index contributed by atoms with van der Waals surface area (Å²) in [6, 6.07) is 0. The van der Waals surface area contributed by atoms with Gasteiger partial charge in [0.15, 0.2) is 5.17 Å². The first-order valence-corrected chi connectivity index (χ1v) is 4.21. The molecule has 4 nitrogen and oxygen atoms in total. The van der Waals surface area contributed by atoms with Crippen LogP contribution in [0.25, 0.3) is 0 Å². The number of ether oxygens (including phenoxy) is 1. The van der Waals surface area contributed by atoms with Gasteiger partial charge in [-0.15, -0.1) is 0 Å². The largest absolute Gasteiger partial charge is 0.466 e. The quantitative estimate of drug-likeness (QED) is 0.296. The zero-order chi connectivity index (χ0) is 9.56. The number of esters is 1. The van der Waals surface area contributed by atoms with Crippen molar-refractivity contribution in [2.45, 2.75) is 12.2 Å². The minimum absolute atomic E-state index is 0.0154. The fraction of sp³-hybridized carbons (Fsp3) is 0.429. The molecule has 0 rings (SSSR count). The molecule has 0 aliphatic carbocycles. The molecule has 0 aromatic carbocycles. The van der Waals surface area contributed by atoms with Crippen molar-refractivity contribution in [3.8, 4) is 0 Å². The predicted molar refractivity (Wildman–Crippen MR) is 50.1 cm³/mol. The van der Waals surface area contributed by atoms with Crippen molar-refractivity contribution in [3.05, 3.63) is 12.2 Å². The molecule has 12 heavy (non-hydrogen) atoms. The predicted octanol–water partition coefficient (Wildman–Crippen LogP) is 0.731. The highest BCUT2D eigenvalue weighted by Crippen LogP contribution is 2.09. The Morgan fingerprint density at radius 2 is 2.33 bits per heavy atom. The van der Waals surface area contributed by atoms with Crippen LogP contribution in [-0.2, 0) is 9.53 Å².